The second-order valence-electron chi connectivity index (χ2n) is 5.77. The van der Waals surface area contributed by atoms with Gasteiger partial charge in [0.15, 0.2) is 11.4 Å². The molecule has 21 heavy (non-hydrogen) atoms. The Balaban J connectivity index is 2.51. The molecule has 0 bridgehead atoms. The molecule has 1 aromatic carbocycles. The Bertz CT molecular complexity index is 648. The molecule has 1 aromatic rings. The van der Waals surface area contributed by atoms with Crippen LogP contribution in [0.3, 0.4) is 0 Å². The Labute approximate surface area is 124 Å². The lowest BCUT2D eigenvalue weighted by Gasteiger charge is -2.38. The molecule has 0 amide bonds. The highest BCUT2D eigenvalue weighted by Gasteiger charge is 2.46. The normalized spacial score (nSPS) is 22.8. The smallest absolute Gasteiger partial charge is 0.384 e. The van der Waals surface area contributed by atoms with E-state index in [1.54, 1.807) is 45.0 Å². The molecule has 0 saturated heterocycles. The fourth-order valence-corrected chi connectivity index (χ4v) is 2.65. The van der Waals surface area contributed by atoms with Crippen molar-refractivity contribution in [1.82, 2.24) is 0 Å². The summed E-state index contributed by atoms with van der Waals surface area (Å²) in [5.74, 6) is 4.20. The first kappa shape index (κ1) is 15.3. The van der Waals surface area contributed by atoms with Crippen LogP contribution in [0.4, 0.5) is 0 Å². The molecule has 0 spiro atoms. The predicted molar refractivity (Wildman–Crippen MR) is 77.5 cm³/mol. The molecule has 0 fully saturated rings. The van der Waals surface area contributed by atoms with Gasteiger partial charge in [0, 0.05) is 28.9 Å². The van der Waals surface area contributed by atoms with Crippen molar-refractivity contribution >= 4 is 11.8 Å². The monoisotopic (exact) mass is 286 g/mol. The number of ketones is 1. The van der Waals surface area contributed by atoms with E-state index in [4.69, 9.17) is 4.74 Å². The van der Waals surface area contributed by atoms with Crippen LogP contribution >= 0.6 is 0 Å². The summed E-state index contributed by atoms with van der Waals surface area (Å²) in [6.07, 6.45) is 0.141. The second-order valence-corrected chi connectivity index (χ2v) is 5.77. The molecule has 1 aliphatic rings. The summed E-state index contributed by atoms with van der Waals surface area (Å²) in [5.41, 5.74) is -1.37. The van der Waals surface area contributed by atoms with Crippen molar-refractivity contribution in [1.29, 1.82) is 0 Å². The Morgan fingerprint density at radius 2 is 2.05 bits per heavy atom. The van der Waals surface area contributed by atoms with Gasteiger partial charge in [-0.05, 0) is 6.92 Å². The van der Waals surface area contributed by atoms with Crippen LogP contribution in [0.25, 0.3) is 0 Å². The Kier molecular flexibility index (Phi) is 3.89. The SMILES string of the molecule is CCOC(=O)C#CC1(O)CC(C)(C)C(=O)c2ccccc21. The van der Waals surface area contributed by atoms with Crippen LogP contribution in [0.2, 0.25) is 0 Å². The molecular formula is C17H18O4. The minimum Gasteiger partial charge on any atom is -0.456 e. The number of ether oxygens (including phenoxy) is 1. The third-order valence-corrected chi connectivity index (χ3v) is 3.58. The van der Waals surface area contributed by atoms with Gasteiger partial charge in [0.2, 0.25) is 0 Å². The minimum absolute atomic E-state index is 0.0271. The summed E-state index contributed by atoms with van der Waals surface area (Å²) in [4.78, 5) is 23.8. The summed E-state index contributed by atoms with van der Waals surface area (Å²) in [6.45, 7) is 5.45. The van der Waals surface area contributed by atoms with Gasteiger partial charge in [0.25, 0.3) is 0 Å². The summed E-state index contributed by atoms with van der Waals surface area (Å²) < 4.78 is 4.75. The first-order valence-corrected chi connectivity index (χ1v) is 6.87. The van der Waals surface area contributed by atoms with Crippen molar-refractivity contribution in [3.63, 3.8) is 0 Å². The molecule has 2 rings (SSSR count). The van der Waals surface area contributed by atoms with Gasteiger partial charge in [-0.25, -0.2) is 4.79 Å². The average Bonchev–Trinajstić information content (AvgIpc) is 2.43. The molecule has 1 aliphatic carbocycles. The summed E-state index contributed by atoms with van der Waals surface area (Å²) >= 11 is 0. The summed E-state index contributed by atoms with van der Waals surface area (Å²) in [5, 5.41) is 10.9. The molecule has 110 valence electrons. The van der Waals surface area contributed by atoms with Crippen LogP contribution in [0.15, 0.2) is 24.3 Å². The first-order valence-electron chi connectivity index (χ1n) is 6.87. The van der Waals surface area contributed by atoms with Gasteiger partial charge < -0.3 is 9.84 Å². The zero-order valence-corrected chi connectivity index (χ0v) is 12.4. The first-order chi connectivity index (χ1) is 9.80. The number of benzene rings is 1. The molecule has 0 aliphatic heterocycles. The second kappa shape index (κ2) is 5.34. The molecule has 4 heteroatoms. The number of hydrogen-bond donors (Lipinski definition) is 1. The minimum atomic E-state index is -1.53. The fourth-order valence-electron chi connectivity index (χ4n) is 2.65. The third-order valence-electron chi connectivity index (χ3n) is 3.58. The zero-order valence-electron chi connectivity index (χ0n) is 12.4. The molecule has 4 nitrogen and oxygen atoms in total. The van der Waals surface area contributed by atoms with Gasteiger partial charge in [0.1, 0.15) is 0 Å². The molecule has 0 aromatic heterocycles. The van der Waals surface area contributed by atoms with Crippen LogP contribution in [-0.2, 0) is 15.1 Å². The average molecular weight is 286 g/mol. The van der Waals surface area contributed by atoms with E-state index in [-0.39, 0.29) is 18.8 Å². The van der Waals surface area contributed by atoms with Gasteiger partial charge in [-0.2, -0.15) is 0 Å². The molecular weight excluding hydrogens is 268 g/mol. The summed E-state index contributed by atoms with van der Waals surface area (Å²) in [6, 6.07) is 6.83. The number of rotatable bonds is 1. The van der Waals surface area contributed by atoms with Gasteiger partial charge >= 0.3 is 5.97 Å². The van der Waals surface area contributed by atoms with Crippen molar-refractivity contribution in [3.05, 3.63) is 35.4 Å². The molecule has 1 N–H and O–H groups in total. The fraction of sp³-hybridized carbons (Fsp3) is 0.412. The van der Waals surface area contributed by atoms with Gasteiger partial charge in [-0.1, -0.05) is 44.0 Å². The Morgan fingerprint density at radius 3 is 2.71 bits per heavy atom. The molecule has 1 unspecified atom stereocenters. The molecule has 0 heterocycles. The Hall–Kier alpha value is -2.12. The lowest BCUT2D eigenvalue weighted by Crippen LogP contribution is -2.42. The van der Waals surface area contributed by atoms with Gasteiger partial charge in [-0.15, -0.1) is 0 Å². The summed E-state index contributed by atoms with van der Waals surface area (Å²) in [7, 11) is 0. The maximum Gasteiger partial charge on any atom is 0.384 e. The number of hydrogen-bond acceptors (Lipinski definition) is 4. The quantitative estimate of drug-likeness (QED) is 0.487. The van der Waals surface area contributed by atoms with Crippen molar-refractivity contribution < 1.29 is 19.4 Å². The predicted octanol–water partition coefficient (Wildman–Crippen LogP) is 2.05. The van der Waals surface area contributed by atoms with E-state index in [1.165, 1.54) is 0 Å². The van der Waals surface area contributed by atoms with Gasteiger partial charge in [0.05, 0.1) is 6.61 Å². The highest BCUT2D eigenvalue weighted by Crippen LogP contribution is 2.43. The van der Waals surface area contributed by atoms with Crippen LogP contribution in [-0.4, -0.2) is 23.5 Å². The largest absolute Gasteiger partial charge is 0.456 e. The highest BCUT2D eigenvalue weighted by molar-refractivity contribution is 6.03. The number of aliphatic hydroxyl groups is 1. The van der Waals surface area contributed by atoms with E-state index in [0.717, 1.165) is 0 Å². The number of carbonyl (C=O) groups excluding carboxylic acids is 2. The maximum atomic E-state index is 12.4. The number of fused-ring (bicyclic) bond motifs is 1. The number of carbonyl (C=O) groups is 2. The lowest BCUT2D eigenvalue weighted by atomic mass is 9.66. The van der Waals surface area contributed by atoms with Crippen LogP contribution in [0.1, 0.15) is 43.1 Å². The van der Waals surface area contributed by atoms with Crippen LogP contribution in [0, 0.1) is 17.3 Å². The van der Waals surface area contributed by atoms with Gasteiger partial charge in [-0.3, -0.25) is 4.79 Å². The number of esters is 1. The molecule has 0 radical (unpaired) electrons. The van der Waals surface area contributed by atoms with Crippen molar-refractivity contribution in [2.75, 3.05) is 6.61 Å². The lowest BCUT2D eigenvalue weighted by molar-refractivity contribution is -0.136. The maximum absolute atomic E-state index is 12.4. The molecule has 0 saturated carbocycles. The van der Waals surface area contributed by atoms with Crippen LogP contribution in [0.5, 0.6) is 0 Å². The topological polar surface area (TPSA) is 63.6 Å². The third kappa shape index (κ3) is 2.84. The molecule has 1 atom stereocenters. The highest BCUT2D eigenvalue weighted by atomic mass is 16.5. The van der Waals surface area contributed by atoms with E-state index in [9.17, 15) is 14.7 Å². The van der Waals surface area contributed by atoms with Crippen molar-refractivity contribution in [3.8, 4) is 11.8 Å². The van der Waals surface area contributed by atoms with Crippen molar-refractivity contribution in [2.45, 2.75) is 32.8 Å². The van der Waals surface area contributed by atoms with Crippen molar-refractivity contribution in [2.24, 2.45) is 5.41 Å². The van der Waals surface area contributed by atoms with E-state index in [1.807, 2.05) is 0 Å². The standard InChI is InChI=1S/C17H18O4/c1-4-21-14(18)9-10-17(20)11-16(2,3)15(19)12-7-5-6-8-13(12)17/h5-8,20H,4,11H2,1-3H3. The number of Topliss-reactive ketones (excluding diaryl/α,β-unsaturated/α-hetero) is 1. The van der Waals surface area contributed by atoms with E-state index in [0.29, 0.717) is 11.1 Å². The Morgan fingerprint density at radius 1 is 1.38 bits per heavy atom. The van der Waals surface area contributed by atoms with E-state index < -0.39 is 17.0 Å². The van der Waals surface area contributed by atoms with E-state index in [2.05, 4.69) is 11.8 Å². The van der Waals surface area contributed by atoms with Crippen LogP contribution < -0.4 is 0 Å². The van der Waals surface area contributed by atoms with E-state index >= 15 is 0 Å². The zero-order chi connectivity index (χ0) is 15.7.